The molecule has 1 fully saturated rings. The van der Waals surface area contributed by atoms with Crippen LogP contribution in [0.1, 0.15) is 25.6 Å². The Labute approximate surface area is 114 Å². The Morgan fingerprint density at radius 3 is 3.21 bits per heavy atom. The molecular weight excluding hydrogens is 242 g/mol. The summed E-state index contributed by atoms with van der Waals surface area (Å²) in [6.07, 6.45) is 3.98. The molecule has 0 spiro atoms. The van der Waals surface area contributed by atoms with Crippen molar-refractivity contribution in [1.82, 2.24) is 25.0 Å². The van der Waals surface area contributed by atoms with Crippen molar-refractivity contribution in [3.05, 3.63) is 12.2 Å². The molecule has 1 atom stereocenters. The van der Waals surface area contributed by atoms with Crippen molar-refractivity contribution in [2.75, 3.05) is 32.8 Å². The minimum atomic E-state index is 0.323. The van der Waals surface area contributed by atoms with Crippen molar-refractivity contribution in [2.24, 2.45) is 5.92 Å². The van der Waals surface area contributed by atoms with Crippen LogP contribution in [0.2, 0.25) is 0 Å². The molecule has 0 saturated carbocycles. The molecule has 2 N–H and O–H groups in total. The molecule has 6 nitrogen and oxygen atoms in total. The SMILES string of the molecule is CCn1ncnc1CNCCN1CCCC(CO)C1. The first-order valence-corrected chi connectivity index (χ1v) is 7.24. The molecule has 1 aromatic heterocycles. The maximum atomic E-state index is 9.20. The number of aromatic nitrogens is 3. The summed E-state index contributed by atoms with van der Waals surface area (Å²) in [5, 5.41) is 16.8. The van der Waals surface area contributed by atoms with Crippen LogP contribution in [0.15, 0.2) is 6.33 Å². The quantitative estimate of drug-likeness (QED) is 0.686. The van der Waals surface area contributed by atoms with Gasteiger partial charge in [-0.1, -0.05) is 0 Å². The number of aryl methyl sites for hydroxylation is 1. The average molecular weight is 267 g/mol. The monoisotopic (exact) mass is 267 g/mol. The van der Waals surface area contributed by atoms with Gasteiger partial charge >= 0.3 is 0 Å². The zero-order valence-electron chi connectivity index (χ0n) is 11.8. The molecule has 0 aliphatic carbocycles. The number of aliphatic hydroxyl groups excluding tert-OH is 1. The van der Waals surface area contributed by atoms with Gasteiger partial charge < -0.3 is 15.3 Å². The number of hydrogen-bond donors (Lipinski definition) is 2. The normalized spacial score (nSPS) is 20.8. The summed E-state index contributed by atoms with van der Waals surface area (Å²) in [6, 6.07) is 0. The van der Waals surface area contributed by atoms with E-state index in [-0.39, 0.29) is 0 Å². The average Bonchev–Trinajstić information content (AvgIpc) is 2.91. The van der Waals surface area contributed by atoms with E-state index in [1.807, 2.05) is 4.68 Å². The third-order valence-electron chi connectivity index (χ3n) is 3.74. The number of likely N-dealkylation sites (tertiary alicyclic amines) is 1. The van der Waals surface area contributed by atoms with Gasteiger partial charge in [-0.15, -0.1) is 0 Å². The Morgan fingerprint density at radius 1 is 1.53 bits per heavy atom. The van der Waals surface area contributed by atoms with Crippen LogP contribution in [0.5, 0.6) is 0 Å². The summed E-state index contributed by atoms with van der Waals surface area (Å²) in [4.78, 5) is 6.67. The third kappa shape index (κ3) is 4.26. The summed E-state index contributed by atoms with van der Waals surface area (Å²) in [7, 11) is 0. The number of aliphatic hydroxyl groups is 1. The molecule has 1 saturated heterocycles. The molecule has 6 heteroatoms. The second kappa shape index (κ2) is 7.57. The van der Waals surface area contributed by atoms with Gasteiger partial charge in [0.05, 0.1) is 6.54 Å². The Hall–Kier alpha value is -0.980. The Morgan fingerprint density at radius 2 is 2.42 bits per heavy atom. The van der Waals surface area contributed by atoms with Gasteiger partial charge in [0.25, 0.3) is 0 Å². The van der Waals surface area contributed by atoms with Crippen molar-refractivity contribution >= 4 is 0 Å². The summed E-state index contributed by atoms with van der Waals surface area (Å²) in [5.41, 5.74) is 0. The molecule has 2 rings (SSSR count). The largest absolute Gasteiger partial charge is 0.396 e. The van der Waals surface area contributed by atoms with Crippen molar-refractivity contribution in [3.8, 4) is 0 Å². The molecular formula is C13H25N5O. The Balaban J connectivity index is 1.64. The predicted molar refractivity (Wildman–Crippen MR) is 73.7 cm³/mol. The van der Waals surface area contributed by atoms with Crippen LogP contribution in [0.25, 0.3) is 0 Å². The number of rotatable bonds is 7. The molecule has 19 heavy (non-hydrogen) atoms. The first-order valence-electron chi connectivity index (χ1n) is 7.24. The van der Waals surface area contributed by atoms with Gasteiger partial charge in [-0.3, -0.25) is 0 Å². The Bertz CT molecular complexity index is 368. The van der Waals surface area contributed by atoms with E-state index >= 15 is 0 Å². The van der Waals surface area contributed by atoms with Gasteiger partial charge in [0.1, 0.15) is 12.2 Å². The highest BCUT2D eigenvalue weighted by atomic mass is 16.3. The van der Waals surface area contributed by atoms with Crippen LogP contribution in [-0.2, 0) is 13.1 Å². The lowest BCUT2D eigenvalue weighted by Crippen LogP contribution is -2.40. The summed E-state index contributed by atoms with van der Waals surface area (Å²) < 4.78 is 1.91. The van der Waals surface area contributed by atoms with Crippen LogP contribution >= 0.6 is 0 Å². The van der Waals surface area contributed by atoms with E-state index in [1.54, 1.807) is 6.33 Å². The predicted octanol–water partition coefficient (Wildman–Crippen LogP) is 0.0919. The first-order chi connectivity index (χ1) is 9.33. The molecule has 1 aliphatic rings. The molecule has 0 radical (unpaired) electrons. The number of nitrogens with zero attached hydrogens (tertiary/aromatic N) is 4. The highest BCUT2D eigenvalue weighted by Gasteiger charge is 2.18. The molecule has 1 unspecified atom stereocenters. The summed E-state index contributed by atoms with van der Waals surface area (Å²) in [5.74, 6) is 1.46. The van der Waals surface area contributed by atoms with Gasteiger partial charge in [-0.25, -0.2) is 9.67 Å². The van der Waals surface area contributed by atoms with Gasteiger partial charge in [-0.2, -0.15) is 5.10 Å². The number of nitrogens with one attached hydrogen (secondary N) is 1. The highest BCUT2D eigenvalue weighted by Crippen LogP contribution is 2.14. The Kier molecular flexibility index (Phi) is 5.75. The van der Waals surface area contributed by atoms with Gasteiger partial charge in [0.15, 0.2) is 0 Å². The van der Waals surface area contributed by atoms with Gasteiger partial charge in [0, 0.05) is 32.8 Å². The van der Waals surface area contributed by atoms with E-state index in [9.17, 15) is 5.11 Å². The van der Waals surface area contributed by atoms with Crippen LogP contribution < -0.4 is 5.32 Å². The van der Waals surface area contributed by atoms with Crippen LogP contribution in [-0.4, -0.2) is 57.6 Å². The van der Waals surface area contributed by atoms with Crippen molar-refractivity contribution < 1.29 is 5.11 Å². The molecule has 0 amide bonds. The fraction of sp³-hybridized carbons (Fsp3) is 0.846. The number of hydrogen-bond acceptors (Lipinski definition) is 5. The highest BCUT2D eigenvalue weighted by molar-refractivity contribution is 4.83. The zero-order valence-corrected chi connectivity index (χ0v) is 11.8. The molecule has 0 bridgehead atoms. The standard InChI is InChI=1S/C13H25N5O/c1-2-18-13(15-11-16-18)8-14-5-7-17-6-3-4-12(9-17)10-19/h11-12,14,19H,2-10H2,1H3. The topological polar surface area (TPSA) is 66.2 Å². The summed E-state index contributed by atoms with van der Waals surface area (Å²) in [6.45, 7) is 8.20. The minimum Gasteiger partial charge on any atom is -0.396 e. The third-order valence-corrected chi connectivity index (χ3v) is 3.74. The van der Waals surface area contributed by atoms with E-state index in [2.05, 4.69) is 27.2 Å². The molecule has 1 aliphatic heterocycles. The van der Waals surface area contributed by atoms with Crippen LogP contribution in [0.4, 0.5) is 0 Å². The van der Waals surface area contributed by atoms with E-state index in [4.69, 9.17) is 0 Å². The minimum absolute atomic E-state index is 0.323. The molecule has 0 aromatic carbocycles. The maximum Gasteiger partial charge on any atom is 0.140 e. The lowest BCUT2D eigenvalue weighted by atomic mass is 9.99. The van der Waals surface area contributed by atoms with E-state index in [0.29, 0.717) is 12.5 Å². The second-order valence-corrected chi connectivity index (χ2v) is 5.16. The lowest BCUT2D eigenvalue weighted by molar-refractivity contribution is 0.121. The van der Waals surface area contributed by atoms with Gasteiger partial charge in [-0.05, 0) is 32.2 Å². The smallest absolute Gasteiger partial charge is 0.140 e. The first kappa shape index (κ1) is 14.4. The van der Waals surface area contributed by atoms with Crippen molar-refractivity contribution in [2.45, 2.75) is 32.9 Å². The summed E-state index contributed by atoms with van der Waals surface area (Å²) >= 11 is 0. The van der Waals surface area contributed by atoms with E-state index in [0.717, 1.165) is 45.1 Å². The zero-order chi connectivity index (χ0) is 13.5. The second-order valence-electron chi connectivity index (χ2n) is 5.16. The van der Waals surface area contributed by atoms with Crippen LogP contribution in [0.3, 0.4) is 0 Å². The van der Waals surface area contributed by atoms with Crippen molar-refractivity contribution in [1.29, 1.82) is 0 Å². The van der Waals surface area contributed by atoms with Gasteiger partial charge in [0.2, 0.25) is 0 Å². The van der Waals surface area contributed by atoms with Crippen LogP contribution in [0, 0.1) is 5.92 Å². The fourth-order valence-electron chi connectivity index (χ4n) is 2.63. The lowest BCUT2D eigenvalue weighted by Gasteiger charge is -2.31. The maximum absolute atomic E-state index is 9.20. The molecule has 2 heterocycles. The molecule has 1 aromatic rings. The fourth-order valence-corrected chi connectivity index (χ4v) is 2.63. The van der Waals surface area contributed by atoms with E-state index in [1.165, 1.54) is 12.8 Å². The number of piperidine rings is 1. The van der Waals surface area contributed by atoms with E-state index < -0.39 is 0 Å². The molecule has 108 valence electrons. The van der Waals surface area contributed by atoms with Crippen molar-refractivity contribution in [3.63, 3.8) is 0 Å².